The van der Waals surface area contributed by atoms with E-state index in [1.54, 1.807) is 14.0 Å². The van der Waals surface area contributed by atoms with Gasteiger partial charge in [-0.05, 0) is 6.92 Å². The van der Waals surface area contributed by atoms with Crippen molar-refractivity contribution in [3.8, 4) is 10.8 Å². The lowest BCUT2D eigenvalue weighted by molar-refractivity contribution is 0.149. The fourth-order valence-electron chi connectivity index (χ4n) is 1.59. The first-order valence-corrected chi connectivity index (χ1v) is 7.20. The van der Waals surface area contributed by atoms with E-state index >= 15 is 0 Å². The number of amides is 2. The molecule has 2 rings (SSSR count). The topological polar surface area (TPSA) is 87.6 Å². The lowest BCUT2D eigenvalue weighted by Crippen LogP contribution is -2.36. The second-order valence-corrected chi connectivity index (χ2v) is 5.58. The summed E-state index contributed by atoms with van der Waals surface area (Å²) in [5, 5.41) is 12.5. The number of halogens is 1. The molecule has 118 valence electrons. The minimum atomic E-state index is -0.619. The number of hydrogen-bond acceptors (Lipinski definition) is 6. The first kappa shape index (κ1) is 16.1. The molecule has 2 N–H and O–H groups in total. The Bertz CT molecular complexity index is 650. The van der Waals surface area contributed by atoms with Gasteiger partial charge < -0.3 is 14.7 Å². The van der Waals surface area contributed by atoms with Crippen molar-refractivity contribution in [2.75, 3.05) is 18.9 Å². The van der Waals surface area contributed by atoms with Crippen LogP contribution in [0.15, 0.2) is 24.7 Å². The van der Waals surface area contributed by atoms with Gasteiger partial charge >= 0.3 is 6.03 Å². The van der Waals surface area contributed by atoms with E-state index < -0.39 is 18.0 Å². The summed E-state index contributed by atoms with van der Waals surface area (Å²) in [6, 6.07) is 0.802. The van der Waals surface area contributed by atoms with E-state index in [2.05, 4.69) is 15.3 Å². The minimum Gasteiger partial charge on any atom is -0.443 e. The van der Waals surface area contributed by atoms with E-state index in [0.717, 1.165) is 17.5 Å². The van der Waals surface area contributed by atoms with Crippen molar-refractivity contribution in [2.45, 2.75) is 13.0 Å². The lowest BCUT2D eigenvalue weighted by atomic mass is 10.4. The maximum atomic E-state index is 13.0. The highest BCUT2D eigenvalue weighted by atomic mass is 32.1. The summed E-state index contributed by atoms with van der Waals surface area (Å²) in [5.74, 6) is -0.261. The Hall–Kier alpha value is -2.26. The molecular weight excluding hydrogens is 311 g/mol. The number of aliphatic hydroxyl groups excluding tert-OH is 1. The molecule has 22 heavy (non-hydrogen) atoms. The Kier molecular flexibility index (Phi) is 5.23. The Morgan fingerprint density at radius 2 is 2.32 bits per heavy atom. The van der Waals surface area contributed by atoms with Crippen LogP contribution in [0.4, 0.5) is 14.3 Å². The highest BCUT2D eigenvalue weighted by Crippen LogP contribution is 2.30. The van der Waals surface area contributed by atoms with E-state index in [0.29, 0.717) is 10.2 Å². The Morgan fingerprint density at radius 1 is 1.55 bits per heavy atom. The normalized spacial score (nSPS) is 11.8. The van der Waals surface area contributed by atoms with Gasteiger partial charge in [-0.2, -0.15) is 0 Å². The van der Waals surface area contributed by atoms with Crippen molar-refractivity contribution in [3.05, 3.63) is 30.5 Å². The van der Waals surface area contributed by atoms with E-state index in [4.69, 9.17) is 4.74 Å². The fraction of sp³-hybridized carbons (Fsp3) is 0.308. The predicted octanol–water partition coefficient (Wildman–Crippen LogP) is 2.31. The third-order valence-electron chi connectivity index (χ3n) is 2.48. The third kappa shape index (κ3) is 4.64. The molecule has 2 aromatic heterocycles. The van der Waals surface area contributed by atoms with Gasteiger partial charge in [0, 0.05) is 19.7 Å². The third-order valence-corrected chi connectivity index (χ3v) is 3.27. The Labute approximate surface area is 130 Å². The maximum Gasteiger partial charge on any atom is 0.323 e. The molecule has 0 aliphatic heterocycles. The van der Waals surface area contributed by atoms with Gasteiger partial charge in [0.2, 0.25) is 5.06 Å². The van der Waals surface area contributed by atoms with Crippen LogP contribution in [0.3, 0.4) is 0 Å². The molecule has 9 heteroatoms. The SMILES string of the molecule is C[C@H](O)CN(C)C(=O)Nc1ncc(Oc2cncc(F)c2)s1. The zero-order valence-corrected chi connectivity index (χ0v) is 12.8. The lowest BCUT2D eigenvalue weighted by Gasteiger charge is -2.18. The molecule has 0 radical (unpaired) electrons. The maximum absolute atomic E-state index is 13.0. The van der Waals surface area contributed by atoms with Crippen LogP contribution in [0.5, 0.6) is 10.8 Å². The molecule has 0 aliphatic rings. The van der Waals surface area contributed by atoms with E-state index in [9.17, 15) is 14.3 Å². The number of thiazole rings is 1. The number of aliphatic hydroxyl groups is 1. The second-order valence-electron chi connectivity index (χ2n) is 4.59. The Morgan fingerprint density at radius 3 is 3.00 bits per heavy atom. The first-order chi connectivity index (χ1) is 10.4. The van der Waals surface area contributed by atoms with Crippen LogP contribution in [0.2, 0.25) is 0 Å². The van der Waals surface area contributed by atoms with Crippen molar-refractivity contribution < 1.29 is 19.0 Å². The molecule has 2 amide bonds. The number of pyridine rings is 1. The average molecular weight is 326 g/mol. The molecular formula is C13H15FN4O3S. The molecule has 1 atom stereocenters. The van der Waals surface area contributed by atoms with Gasteiger partial charge in [0.25, 0.3) is 0 Å². The number of urea groups is 1. The fourth-order valence-corrected chi connectivity index (χ4v) is 2.27. The molecule has 2 heterocycles. The van der Waals surface area contributed by atoms with Crippen molar-refractivity contribution in [2.24, 2.45) is 0 Å². The van der Waals surface area contributed by atoms with Gasteiger partial charge in [-0.25, -0.2) is 14.2 Å². The second kappa shape index (κ2) is 7.14. The number of aromatic nitrogens is 2. The van der Waals surface area contributed by atoms with Gasteiger partial charge in [0.1, 0.15) is 11.6 Å². The molecule has 0 aliphatic carbocycles. The average Bonchev–Trinajstić information content (AvgIpc) is 2.85. The molecule has 0 fully saturated rings. The summed E-state index contributed by atoms with van der Waals surface area (Å²) in [5.41, 5.74) is 0. The standard InChI is InChI=1S/C13H15FN4O3S/c1-8(19)7-18(2)13(20)17-12-16-6-11(22-12)21-10-3-9(14)4-15-5-10/h3-6,8,19H,7H2,1-2H3,(H,16,17,20)/t8-/m0/s1. The number of likely N-dealkylation sites (N-methyl/N-ethyl adjacent to an activating group) is 1. The molecule has 0 spiro atoms. The summed E-state index contributed by atoms with van der Waals surface area (Å²) in [6.45, 7) is 1.79. The highest BCUT2D eigenvalue weighted by molar-refractivity contribution is 7.17. The molecule has 0 saturated heterocycles. The van der Waals surface area contributed by atoms with Crippen molar-refractivity contribution in [1.82, 2.24) is 14.9 Å². The zero-order valence-electron chi connectivity index (χ0n) is 12.0. The smallest absolute Gasteiger partial charge is 0.323 e. The quantitative estimate of drug-likeness (QED) is 0.880. The number of rotatable bonds is 5. The van der Waals surface area contributed by atoms with Crippen LogP contribution < -0.4 is 10.1 Å². The number of hydrogen-bond donors (Lipinski definition) is 2. The van der Waals surface area contributed by atoms with E-state index in [-0.39, 0.29) is 12.3 Å². The Balaban J connectivity index is 1.95. The van der Waals surface area contributed by atoms with Crippen LogP contribution in [0.1, 0.15) is 6.92 Å². The number of carbonyl (C=O) groups excluding carboxylic acids is 1. The number of ether oxygens (including phenoxy) is 1. The van der Waals surface area contributed by atoms with Crippen LogP contribution in [-0.4, -0.2) is 45.7 Å². The van der Waals surface area contributed by atoms with Crippen LogP contribution >= 0.6 is 11.3 Å². The summed E-state index contributed by atoms with van der Waals surface area (Å²) >= 11 is 1.09. The van der Waals surface area contributed by atoms with Crippen LogP contribution in [0.25, 0.3) is 0 Å². The summed E-state index contributed by atoms with van der Waals surface area (Å²) in [7, 11) is 1.56. The molecule has 0 bridgehead atoms. The number of anilines is 1. The largest absolute Gasteiger partial charge is 0.443 e. The van der Waals surface area contributed by atoms with Gasteiger partial charge in [-0.1, -0.05) is 11.3 Å². The van der Waals surface area contributed by atoms with Gasteiger partial charge in [0.15, 0.2) is 5.13 Å². The number of nitrogens with one attached hydrogen (secondary N) is 1. The molecule has 0 unspecified atom stereocenters. The van der Waals surface area contributed by atoms with Gasteiger partial charge in [-0.15, -0.1) is 0 Å². The number of nitrogens with zero attached hydrogens (tertiary/aromatic N) is 3. The minimum absolute atomic E-state index is 0.204. The van der Waals surface area contributed by atoms with Crippen molar-refractivity contribution >= 4 is 22.5 Å². The van der Waals surface area contributed by atoms with Gasteiger partial charge in [-0.3, -0.25) is 10.3 Å². The van der Waals surface area contributed by atoms with Crippen molar-refractivity contribution in [3.63, 3.8) is 0 Å². The monoisotopic (exact) mass is 326 g/mol. The summed E-state index contributed by atoms with van der Waals surface area (Å²) < 4.78 is 18.4. The molecule has 7 nitrogen and oxygen atoms in total. The summed E-state index contributed by atoms with van der Waals surface area (Å²) in [4.78, 5) is 20.8. The molecule has 0 aromatic carbocycles. The molecule has 2 aromatic rings. The summed E-state index contributed by atoms with van der Waals surface area (Å²) in [6.07, 6.45) is 3.24. The molecule has 0 saturated carbocycles. The van der Waals surface area contributed by atoms with E-state index in [1.807, 2.05) is 0 Å². The van der Waals surface area contributed by atoms with Gasteiger partial charge in [0.05, 0.1) is 24.7 Å². The zero-order chi connectivity index (χ0) is 16.1. The predicted molar refractivity (Wildman–Crippen MR) is 79.7 cm³/mol. The first-order valence-electron chi connectivity index (χ1n) is 6.38. The van der Waals surface area contributed by atoms with Crippen molar-refractivity contribution in [1.29, 1.82) is 0 Å². The highest BCUT2D eigenvalue weighted by Gasteiger charge is 2.13. The van der Waals surface area contributed by atoms with Crippen LogP contribution in [0, 0.1) is 5.82 Å². The van der Waals surface area contributed by atoms with Crippen LogP contribution in [-0.2, 0) is 0 Å². The number of carbonyl (C=O) groups is 1. The van der Waals surface area contributed by atoms with E-state index in [1.165, 1.54) is 23.4 Å².